The number of carbonyl (C=O) groups is 1. The molecule has 0 aliphatic rings. The van der Waals surface area contributed by atoms with E-state index in [1.807, 2.05) is 0 Å². The van der Waals surface area contributed by atoms with Gasteiger partial charge in [0.2, 0.25) is 0 Å². The van der Waals surface area contributed by atoms with Crippen molar-refractivity contribution in [3.63, 3.8) is 0 Å². The predicted molar refractivity (Wildman–Crippen MR) is 83.3 cm³/mol. The Labute approximate surface area is 135 Å². The Morgan fingerprint density at radius 1 is 1.33 bits per heavy atom. The third-order valence-corrected chi connectivity index (χ3v) is 3.65. The normalized spacial score (nSPS) is 10.3. The summed E-state index contributed by atoms with van der Waals surface area (Å²) in [5.74, 6) is -0.615. The topological polar surface area (TPSA) is 38.3 Å². The molecule has 0 aromatic heterocycles. The van der Waals surface area contributed by atoms with Crippen molar-refractivity contribution in [3.8, 4) is 5.75 Å². The van der Waals surface area contributed by atoms with Crippen LogP contribution in [0.3, 0.4) is 0 Å². The molecule has 110 valence electrons. The van der Waals surface area contributed by atoms with Gasteiger partial charge in [0, 0.05) is 11.0 Å². The van der Waals surface area contributed by atoms with Gasteiger partial charge in [-0.2, -0.15) is 0 Å². The zero-order chi connectivity index (χ0) is 15.4. The van der Waals surface area contributed by atoms with Crippen LogP contribution in [-0.2, 0) is 6.54 Å². The average Bonchev–Trinajstić information content (AvgIpc) is 2.45. The van der Waals surface area contributed by atoms with Gasteiger partial charge in [0.15, 0.2) is 11.6 Å². The van der Waals surface area contributed by atoms with Gasteiger partial charge in [-0.25, -0.2) is 4.39 Å². The highest BCUT2D eigenvalue weighted by Crippen LogP contribution is 2.21. The third-order valence-electron chi connectivity index (χ3n) is 2.85. The van der Waals surface area contributed by atoms with Crippen LogP contribution in [0.25, 0.3) is 0 Å². The quantitative estimate of drug-likeness (QED) is 0.874. The molecule has 0 heterocycles. The molecule has 1 N–H and O–H groups in total. The number of halogens is 3. The Morgan fingerprint density at radius 2 is 2.10 bits per heavy atom. The summed E-state index contributed by atoms with van der Waals surface area (Å²) in [5.41, 5.74) is 1.00. The third kappa shape index (κ3) is 3.95. The van der Waals surface area contributed by atoms with Gasteiger partial charge >= 0.3 is 0 Å². The molecule has 0 bridgehead atoms. The summed E-state index contributed by atoms with van der Waals surface area (Å²) in [5, 5.41) is 3.04. The average molecular weight is 373 g/mol. The smallest absolute Gasteiger partial charge is 0.253 e. The maximum Gasteiger partial charge on any atom is 0.253 e. The Kier molecular flexibility index (Phi) is 5.20. The Bertz CT molecular complexity index is 679. The SMILES string of the molecule is COc1ccc(CNC(=O)c2ccc(Br)cc2Cl)cc1F. The first-order valence-electron chi connectivity index (χ1n) is 6.07. The summed E-state index contributed by atoms with van der Waals surface area (Å²) in [4.78, 5) is 12.0. The lowest BCUT2D eigenvalue weighted by Crippen LogP contribution is -2.23. The second kappa shape index (κ2) is 6.91. The number of ether oxygens (including phenoxy) is 1. The number of benzene rings is 2. The van der Waals surface area contributed by atoms with Gasteiger partial charge in [-0.05, 0) is 35.9 Å². The molecule has 21 heavy (non-hydrogen) atoms. The summed E-state index contributed by atoms with van der Waals surface area (Å²) >= 11 is 9.28. The lowest BCUT2D eigenvalue weighted by atomic mass is 10.2. The molecule has 0 aliphatic heterocycles. The fraction of sp³-hybridized carbons (Fsp3) is 0.133. The lowest BCUT2D eigenvalue weighted by molar-refractivity contribution is 0.0951. The minimum Gasteiger partial charge on any atom is -0.494 e. The standard InChI is InChI=1S/C15H12BrClFNO2/c1-21-14-5-2-9(6-13(14)18)8-19-15(20)11-4-3-10(16)7-12(11)17/h2-7H,8H2,1H3,(H,19,20). The van der Waals surface area contributed by atoms with Crippen molar-refractivity contribution in [2.45, 2.75) is 6.54 Å². The highest BCUT2D eigenvalue weighted by molar-refractivity contribution is 9.10. The van der Waals surface area contributed by atoms with E-state index >= 15 is 0 Å². The first-order chi connectivity index (χ1) is 10.0. The zero-order valence-corrected chi connectivity index (χ0v) is 13.5. The molecule has 2 rings (SSSR count). The Balaban J connectivity index is 2.05. The van der Waals surface area contributed by atoms with E-state index in [0.717, 1.165) is 4.47 Å². The predicted octanol–water partition coefficient (Wildman–Crippen LogP) is 4.18. The number of amides is 1. The summed E-state index contributed by atoms with van der Waals surface area (Å²) in [7, 11) is 1.40. The fourth-order valence-electron chi connectivity index (χ4n) is 1.77. The molecule has 0 saturated carbocycles. The Hall–Kier alpha value is -1.59. The number of hydrogen-bond acceptors (Lipinski definition) is 2. The first-order valence-corrected chi connectivity index (χ1v) is 7.24. The van der Waals surface area contributed by atoms with Crippen LogP contribution in [-0.4, -0.2) is 13.0 Å². The van der Waals surface area contributed by atoms with Crippen molar-refractivity contribution in [1.82, 2.24) is 5.32 Å². The number of rotatable bonds is 4. The van der Waals surface area contributed by atoms with E-state index in [0.29, 0.717) is 16.1 Å². The molecule has 2 aromatic rings. The fourth-order valence-corrected chi connectivity index (χ4v) is 2.53. The van der Waals surface area contributed by atoms with Gasteiger partial charge in [-0.3, -0.25) is 4.79 Å². The summed E-state index contributed by atoms with van der Waals surface area (Å²) < 4.78 is 19.2. The molecule has 0 unspecified atom stereocenters. The van der Waals surface area contributed by atoms with Gasteiger partial charge in [0.1, 0.15) is 0 Å². The zero-order valence-electron chi connectivity index (χ0n) is 11.1. The molecule has 2 aromatic carbocycles. The second-order valence-electron chi connectivity index (χ2n) is 4.28. The highest BCUT2D eigenvalue weighted by Gasteiger charge is 2.11. The van der Waals surface area contributed by atoms with E-state index in [4.69, 9.17) is 16.3 Å². The van der Waals surface area contributed by atoms with Crippen molar-refractivity contribution >= 4 is 33.4 Å². The van der Waals surface area contributed by atoms with Crippen LogP contribution in [0.2, 0.25) is 5.02 Å². The molecule has 3 nitrogen and oxygen atoms in total. The molecule has 0 aliphatic carbocycles. The van der Waals surface area contributed by atoms with Crippen molar-refractivity contribution in [1.29, 1.82) is 0 Å². The number of carbonyl (C=O) groups excluding carboxylic acids is 1. The Morgan fingerprint density at radius 3 is 2.71 bits per heavy atom. The van der Waals surface area contributed by atoms with Crippen LogP contribution in [0.15, 0.2) is 40.9 Å². The van der Waals surface area contributed by atoms with Crippen molar-refractivity contribution < 1.29 is 13.9 Å². The maximum absolute atomic E-state index is 13.5. The molecule has 1 amide bonds. The van der Waals surface area contributed by atoms with Crippen LogP contribution >= 0.6 is 27.5 Å². The van der Waals surface area contributed by atoms with Crippen LogP contribution in [0.5, 0.6) is 5.75 Å². The van der Waals surface area contributed by atoms with Gasteiger partial charge in [-0.1, -0.05) is 33.6 Å². The molecule has 0 atom stereocenters. The molecule has 0 spiro atoms. The minimum atomic E-state index is -0.467. The summed E-state index contributed by atoms with van der Waals surface area (Å²) in [6.07, 6.45) is 0. The van der Waals surface area contributed by atoms with Crippen LogP contribution < -0.4 is 10.1 Å². The minimum absolute atomic E-state index is 0.168. The maximum atomic E-state index is 13.5. The second-order valence-corrected chi connectivity index (χ2v) is 5.60. The van der Waals surface area contributed by atoms with Crippen LogP contribution in [0, 0.1) is 5.82 Å². The van der Waals surface area contributed by atoms with Crippen LogP contribution in [0.4, 0.5) is 4.39 Å². The summed E-state index contributed by atoms with van der Waals surface area (Å²) in [6.45, 7) is 0.201. The van der Waals surface area contributed by atoms with Crippen molar-refractivity contribution in [2.75, 3.05) is 7.11 Å². The molecule has 0 saturated heterocycles. The van der Waals surface area contributed by atoms with E-state index in [1.165, 1.54) is 19.2 Å². The molecule has 0 radical (unpaired) electrons. The van der Waals surface area contributed by atoms with E-state index in [-0.39, 0.29) is 18.2 Å². The lowest BCUT2D eigenvalue weighted by Gasteiger charge is -2.08. The monoisotopic (exact) mass is 371 g/mol. The summed E-state index contributed by atoms with van der Waals surface area (Å²) in [6, 6.07) is 9.52. The number of hydrogen-bond donors (Lipinski definition) is 1. The largest absolute Gasteiger partial charge is 0.494 e. The molecule has 0 fully saturated rings. The van der Waals surface area contributed by atoms with Crippen molar-refractivity contribution in [3.05, 3.63) is 62.8 Å². The first kappa shape index (κ1) is 15.8. The van der Waals surface area contributed by atoms with E-state index in [1.54, 1.807) is 24.3 Å². The van der Waals surface area contributed by atoms with E-state index in [9.17, 15) is 9.18 Å². The number of nitrogens with one attached hydrogen (secondary N) is 1. The molecular formula is C15H12BrClFNO2. The van der Waals surface area contributed by atoms with E-state index < -0.39 is 5.82 Å². The van der Waals surface area contributed by atoms with Gasteiger partial charge in [0.05, 0.1) is 17.7 Å². The van der Waals surface area contributed by atoms with Gasteiger partial charge in [0.25, 0.3) is 5.91 Å². The molecule has 6 heteroatoms. The highest BCUT2D eigenvalue weighted by atomic mass is 79.9. The van der Waals surface area contributed by atoms with Gasteiger partial charge < -0.3 is 10.1 Å². The van der Waals surface area contributed by atoms with Crippen LogP contribution in [0.1, 0.15) is 15.9 Å². The van der Waals surface area contributed by atoms with Crippen molar-refractivity contribution in [2.24, 2.45) is 0 Å². The van der Waals surface area contributed by atoms with E-state index in [2.05, 4.69) is 21.2 Å². The molecular weight excluding hydrogens is 361 g/mol. The number of methoxy groups -OCH3 is 1. The van der Waals surface area contributed by atoms with Gasteiger partial charge in [-0.15, -0.1) is 0 Å².